The molecule has 0 radical (unpaired) electrons. The Morgan fingerprint density at radius 2 is 1.88 bits per heavy atom. The minimum atomic E-state index is 0.698. The van der Waals surface area contributed by atoms with Gasteiger partial charge in [0.15, 0.2) is 0 Å². The van der Waals surface area contributed by atoms with Crippen LogP contribution < -0.4 is 5.32 Å². The molecule has 96 valence electrons. The number of hydrogen-bond acceptors (Lipinski definition) is 2. The van der Waals surface area contributed by atoms with Gasteiger partial charge < -0.3 is 5.32 Å². The number of nitrogens with zero attached hydrogens (tertiary/aromatic N) is 1. The predicted molar refractivity (Wildman–Crippen MR) is 71.8 cm³/mol. The van der Waals surface area contributed by atoms with Crippen LogP contribution in [-0.2, 0) is 0 Å². The fourth-order valence-corrected chi connectivity index (χ4v) is 2.44. The van der Waals surface area contributed by atoms with Crippen LogP contribution in [-0.4, -0.2) is 37.1 Å². The van der Waals surface area contributed by atoms with E-state index in [-0.39, 0.29) is 0 Å². The second-order valence-electron chi connectivity index (χ2n) is 5.97. The standard InChI is InChI=1S/C14H30N2/c1-12(2)10-15-11-14(4)16-8-5-6-13(3)7-9-16/h12-15H,5-11H2,1-4H3. The Morgan fingerprint density at radius 3 is 2.56 bits per heavy atom. The summed E-state index contributed by atoms with van der Waals surface area (Å²) in [5.74, 6) is 1.69. The first-order chi connectivity index (χ1) is 7.59. The first-order valence-electron chi connectivity index (χ1n) is 7.04. The van der Waals surface area contributed by atoms with Crippen molar-refractivity contribution in [2.45, 2.75) is 53.0 Å². The van der Waals surface area contributed by atoms with Crippen molar-refractivity contribution < 1.29 is 0 Å². The molecule has 0 amide bonds. The van der Waals surface area contributed by atoms with Crippen LogP contribution in [0, 0.1) is 11.8 Å². The fraction of sp³-hybridized carbons (Fsp3) is 1.00. The Balaban J connectivity index is 2.21. The Hall–Kier alpha value is -0.0800. The molecule has 2 nitrogen and oxygen atoms in total. The zero-order valence-corrected chi connectivity index (χ0v) is 11.6. The summed E-state index contributed by atoms with van der Waals surface area (Å²) in [6.07, 6.45) is 4.19. The van der Waals surface area contributed by atoms with Gasteiger partial charge in [-0.1, -0.05) is 20.8 Å². The Kier molecular flexibility index (Phi) is 6.37. The van der Waals surface area contributed by atoms with Gasteiger partial charge in [0.1, 0.15) is 0 Å². The quantitative estimate of drug-likeness (QED) is 0.775. The van der Waals surface area contributed by atoms with Crippen LogP contribution in [0.2, 0.25) is 0 Å². The molecule has 0 spiro atoms. The molecule has 0 saturated carbocycles. The van der Waals surface area contributed by atoms with Crippen molar-refractivity contribution in [3.05, 3.63) is 0 Å². The zero-order chi connectivity index (χ0) is 12.0. The molecule has 0 aliphatic carbocycles. The van der Waals surface area contributed by atoms with E-state index in [0.717, 1.165) is 24.9 Å². The van der Waals surface area contributed by atoms with Crippen molar-refractivity contribution in [3.8, 4) is 0 Å². The lowest BCUT2D eigenvalue weighted by Gasteiger charge is -2.28. The number of rotatable bonds is 5. The highest BCUT2D eigenvalue weighted by atomic mass is 15.2. The predicted octanol–water partition coefficient (Wildman–Crippen LogP) is 2.74. The van der Waals surface area contributed by atoms with Gasteiger partial charge in [0.2, 0.25) is 0 Å². The van der Waals surface area contributed by atoms with Crippen LogP contribution in [0.1, 0.15) is 47.0 Å². The van der Waals surface area contributed by atoms with Gasteiger partial charge in [-0.15, -0.1) is 0 Å². The van der Waals surface area contributed by atoms with E-state index in [1.807, 2.05) is 0 Å². The smallest absolute Gasteiger partial charge is 0.0192 e. The van der Waals surface area contributed by atoms with Crippen molar-refractivity contribution in [3.63, 3.8) is 0 Å². The summed E-state index contributed by atoms with van der Waals surface area (Å²) in [6, 6.07) is 0.698. The average molecular weight is 226 g/mol. The van der Waals surface area contributed by atoms with Crippen molar-refractivity contribution >= 4 is 0 Å². The van der Waals surface area contributed by atoms with Gasteiger partial charge in [0.05, 0.1) is 0 Å². The molecule has 1 aliphatic heterocycles. The number of nitrogens with one attached hydrogen (secondary N) is 1. The Morgan fingerprint density at radius 1 is 1.12 bits per heavy atom. The van der Waals surface area contributed by atoms with Crippen molar-refractivity contribution in [2.75, 3.05) is 26.2 Å². The summed E-state index contributed by atoms with van der Waals surface area (Å²) in [6.45, 7) is 14.2. The molecular formula is C14H30N2. The molecule has 1 N–H and O–H groups in total. The SMILES string of the molecule is CC(C)CNCC(C)N1CCCC(C)CC1. The van der Waals surface area contributed by atoms with E-state index in [2.05, 4.69) is 37.9 Å². The van der Waals surface area contributed by atoms with Gasteiger partial charge in [-0.05, 0) is 57.7 Å². The molecule has 1 aliphatic rings. The Bertz CT molecular complexity index is 180. The molecule has 1 fully saturated rings. The maximum Gasteiger partial charge on any atom is 0.0192 e. The lowest BCUT2D eigenvalue weighted by atomic mass is 10.0. The maximum absolute atomic E-state index is 3.57. The molecule has 1 rings (SSSR count). The first-order valence-corrected chi connectivity index (χ1v) is 7.04. The second-order valence-corrected chi connectivity index (χ2v) is 5.97. The average Bonchev–Trinajstić information content (AvgIpc) is 2.42. The van der Waals surface area contributed by atoms with Crippen LogP contribution in [0.25, 0.3) is 0 Å². The normalized spacial score (nSPS) is 25.7. The van der Waals surface area contributed by atoms with Gasteiger partial charge in [0.25, 0.3) is 0 Å². The molecule has 2 unspecified atom stereocenters. The van der Waals surface area contributed by atoms with Gasteiger partial charge in [-0.3, -0.25) is 4.90 Å². The van der Waals surface area contributed by atoms with Crippen LogP contribution in [0.15, 0.2) is 0 Å². The molecule has 1 heterocycles. The Labute approximate surface area is 102 Å². The van der Waals surface area contributed by atoms with E-state index in [0.29, 0.717) is 6.04 Å². The minimum Gasteiger partial charge on any atom is -0.315 e. The summed E-state index contributed by atoms with van der Waals surface area (Å²) in [5.41, 5.74) is 0. The highest BCUT2D eigenvalue weighted by molar-refractivity contribution is 4.74. The lowest BCUT2D eigenvalue weighted by molar-refractivity contribution is 0.209. The molecule has 2 atom stereocenters. The van der Waals surface area contributed by atoms with Crippen molar-refractivity contribution in [1.29, 1.82) is 0 Å². The molecule has 0 bridgehead atoms. The molecule has 2 heteroatoms. The molecule has 0 aromatic rings. The van der Waals surface area contributed by atoms with Gasteiger partial charge in [0, 0.05) is 12.6 Å². The molecule has 16 heavy (non-hydrogen) atoms. The molecular weight excluding hydrogens is 196 g/mol. The summed E-state index contributed by atoms with van der Waals surface area (Å²) >= 11 is 0. The fourth-order valence-electron chi connectivity index (χ4n) is 2.44. The van der Waals surface area contributed by atoms with Crippen molar-refractivity contribution in [2.24, 2.45) is 11.8 Å². The van der Waals surface area contributed by atoms with E-state index >= 15 is 0 Å². The monoisotopic (exact) mass is 226 g/mol. The largest absolute Gasteiger partial charge is 0.315 e. The van der Waals surface area contributed by atoms with Gasteiger partial charge in [-0.2, -0.15) is 0 Å². The second kappa shape index (κ2) is 7.29. The summed E-state index contributed by atoms with van der Waals surface area (Å²) in [4.78, 5) is 2.66. The first kappa shape index (κ1) is 14.0. The maximum atomic E-state index is 3.57. The third kappa shape index (κ3) is 5.31. The number of likely N-dealkylation sites (tertiary alicyclic amines) is 1. The highest BCUT2D eigenvalue weighted by Crippen LogP contribution is 2.17. The van der Waals surface area contributed by atoms with E-state index in [4.69, 9.17) is 0 Å². The third-order valence-electron chi connectivity index (χ3n) is 3.67. The molecule has 1 saturated heterocycles. The molecule has 0 aromatic carbocycles. The third-order valence-corrected chi connectivity index (χ3v) is 3.67. The van der Waals surface area contributed by atoms with E-state index < -0.39 is 0 Å². The van der Waals surface area contributed by atoms with Gasteiger partial charge >= 0.3 is 0 Å². The molecule has 0 aromatic heterocycles. The summed E-state index contributed by atoms with van der Waals surface area (Å²) in [7, 11) is 0. The van der Waals surface area contributed by atoms with E-state index in [1.54, 1.807) is 0 Å². The number of hydrogen-bond donors (Lipinski definition) is 1. The van der Waals surface area contributed by atoms with Gasteiger partial charge in [-0.25, -0.2) is 0 Å². The topological polar surface area (TPSA) is 15.3 Å². The minimum absolute atomic E-state index is 0.698. The van der Waals surface area contributed by atoms with Crippen molar-refractivity contribution in [1.82, 2.24) is 10.2 Å². The highest BCUT2D eigenvalue weighted by Gasteiger charge is 2.17. The van der Waals surface area contributed by atoms with Crippen LogP contribution in [0.3, 0.4) is 0 Å². The van der Waals surface area contributed by atoms with Crippen LogP contribution in [0.5, 0.6) is 0 Å². The van der Waals surface area contributed by atoms with E-state index in [1.165, 1.54) is 32.4 Å². The summed E-state index contributed by atoms with van der Waals surface area (Å²) < 4.78 is 0. The van der Waals surface area contributed by atoms with Crippen LogP contribution >= 0.6 is 0 Å². The lowest BCUT2D eigenvalue weighted by Crippen LogP contribution is -2.41. The van der Waals surface area contributed by atoms with Crippen LogP contribution in [0.4, 0.5) is 0 Å². The van der Waals surface area contributed by atoms with E-state index in [9.17, 15) is 0 Å². The zero-order valence-electron chi connectivity index (χ0n) is 11.6. The summed E-state index contributed by atoms with van der Waals surface area (Å²) in [5, 5.41) is 3.57.